The number of rotatable bonds is 6. The molecule has 2 fully saturated rings. The zero-order valence-electron chi connectivity index (χ0n) is 13.8. The number of ether oxygens (including phenoxy) is 1. The maximum absolute atomic E-state index is 12.4. The molecule has 2 rings (SSSR count). The first-order chi connectivity index (χ1) is 10.7. The third kappa shape index (κ3) is 5.27. The molecule has 126 valence electrons. The molecule has 1 saturated carbocycles. The minimum atomic E-state index is -0.307. The van der Waals surface area contributed by atoms with Crippen LogP contribution in [-0.2, 0) is 9.53 Å². The predicted octanol–water partition coefficient (Wildman–Crippen LogP) is 2.74. The monoisotopic (exact) mass is 310 g/mol. The summed E-state index contributed by atoms with van der Waals surface area (Å²) in [7, 11) is 0. The molecule has 1 N–H and O–H groups in total. The molecule has 1 aliphatic carbocycles. The first-order valence-corrected chi connectivity index (χ1v) is 8.86. The van der Waals surface area contributed by atoms with Crippen molar-refractivity contribution in [3.8, 4) is 0 Å². The summed E-state index contributed by atoms with van der Waals surface area (Å²) in [6, 6.07) is -0.410. The van der Waals surface area contributed by atoms with Gasteiger partial charge in [-0.1, -0.05) is 39.0 Å². The van der Waals surface area contributed by atoms with Gasteiger partial charge in [-0.3, -0.25) is 4.79 Å². The van der Waals surface area contributed by atoms with Crippen molar-refractivity contribution in [2.75, 3.05) is 26.3 Å². The van der Waals surface area contributed by atoms with Gasteiger partial charge in [0, 0.05) is 19.5 Å². The molecule has 0 spiro atoms. The molecule has 0 bridgehead atoms. The number of morpholine rings is 1. The van der Waals surface area contributed by atoms with E-state index in [0.29, 0.717) is 38.6 Å². The molecule has 1 saturated heterocycles. The summed E-state index contributed by atoms with van der Waals surface area (Å²) in [5.41, 5.74) is 0. The first kappa shape index (κ1) is 17.3. The van der Waals surface area contributed by atoms with Crippen LogP contribution in [0.5, 0.6) is 0 Å². The van der Waals surface area contributed by atoms with Gasteiger partial charge >= 0.3 is 6.03 Å². The Labute approximate surface area is 133 Å². The van der Waals surface area contributed by atoms with Crippen LogP contribution in [-0.4, -0.2) is 49.1 Å². The van der Waals surface area contributed by atoms with Gasteiger partial charge in [-0.15, -0.1) is 0 Å². The smallest absolute Gasteiger partial charge is 0.318 e. The van der Waals surface area contributed by atoms with Crippen molar-refractivity contribution in [2.24, 2.45) is 5.92 Å². The SMILES string of the molecule is CCCC(=O)[C@H](CC1CCCCC1)NC(=O)N1CCOCC1. The lowest BCUT2D eigenvalue weighted by Crippen LogP contribution is -2.51. The molecule has 0 aromatic heterocycles. The van der Waals surface area contributed by atoms with Gasteiger partial charge in [0.15, 0.2) is 5.78 Å². The second-order valence-corrected chi connectivity index (χ2v) is 6.56. The standard InChI is InChI=1S/C17H30N2O3/c1-2-6-16(20)15(13-14-7-4-3-5-8-14)18-17(21)19-9-11-22-12-10-19/h14-15H,2-13H2,1H3,(H,18,21)/t15-/m0/s1. The quantitative estimate of drug-likeness (QED) is 0.820. The van der Waals surface area contributed by atoms with Crippen molar-refractivity contribution in [1.29, 1.82) is 0 Å². The summed E-state index contributed by atoms with van der Waals surface area (Å²) in [5, 5.41) is 3.00. The van der Waals surface area contributed by atoms with Gasteiger partial charge in [-0.05, 0) is 18.8 Å². The molecule has 5 heteroatoms. The van der Waals surface area contributed by atoms with Crippen LogP contribution in [0.15, 0.2) is 0 Å². The predicted molar refractivity (Wildman–Crippen MR) is 85.8 cm³/mol. The van der Waals surface area contributed by atoms with E-state index in [1.165, 1.54) is 32.1 Å². The molecular formula is C17H30N2O3. The summed E-state index contributed by atoms with van der Waals surface area (Å²) < 4.78 is 5.27. The minimum absolute atomic E-state index is 0.103. The van der Waals surface area contributed by atoms with Crippen LogP contribution in [0.2, 0.25) is 0 Å². The number of carbonyl (C=O) groups is 2. The second-order valence-electron chi connectivity index (χ2n) is 6.56. The number of Topliss-reactive ketones (excluding diaryl/α,β-unsaturated/α-hetero) is 1. The number of urea groups is 1. The van der Waals surface area contributed by atoms with Crippen LogP contribution < -0.4 is 5.32 Å². The third-order valence-corrected chi connectivity index (χ3v) is 4.77. The summed E-state index contributed by atoms with van der Waals surface area (Å²) in [6.07, 6.45) is 8.44. The van der Waals surface area contributed by atoms with Crippen molar-refractivity contribution < 1.29 is 14.3 Å². The van der Waals surface area contributed by atoms with E-state index in [9.17, 15) is 9.59 Å². The van der Waals surface area contributed by atoms with E-state index in [2.05, 4.69) is 5.32 Å². The van der Waals surface area contributed by atoms with Crippen molar-refractivity contribution in [3.63, 3.8) is 0 Å². The van der Waals surface area contributed by atoms with Crippen LogP contribution >= 0.6 is 0 Å². The Morgan fingerprint density at radius 3 is 2.50 bits per heavy atom. The Hall–Kier alpha value is -1.10. The number of nitrogens with zero attached hydrogens (tertiary/aromatic N) is 1. The van der Waals surface area contributed by atoms with Gasteiger partial charge in [-0.25, -0.2) is 4.79 Å². The first-order valence-electron chi connectivity index (χ1n) is 8.86. The van der Waals surface area contributed by atoms with E-state index in [1.54, 1.807) is 4.90 Å². The zero-order chi connectivity index (χ0) is 15.8. The highest BCUT2D eigenvalue weighted by Crippen LogP contribution is 2.27. The lowest BCUT2D eigenvalue weighted by molar-refractivity contribution is -0.121. The van der Waals surface area contributed by atoms with Crippen LogP contribution in [0.25, 0.3) is 0 Å². The highest BCUT2D eigenvalue weighted by atomic mass is 16.5. The van der Waals surface area contributed by atoms with Crippen LogP contribution in [0.4, 0.5) is 4.79 Å². The highest BCUT2D eigenvalue weighted by molar-refractivity contribution is 5.88. The molecule has 0 aromatic carbocycles. The largest absolute Gasteiger partial charge is 0.378 e. The van der Waals surface area contributed by atoms with Gasteiger partial charge in [0.25, 0.3) is 0 Å². The Balaban J connectivity index is 1.90. The molecular weight excluding hydrogens is 280 g/mol. The van der Waals surface area contributed by atoms with Gasteiger partial charge in [-0.2, -0.15) is 0 Å². The fourth-order valence-corrected chi connectivity index (χ4v) is 3.45. The van der Waals surface area contributed by atoms with E-state index in [0.717, 1.165) is 12.8 Å². The van der Waals surface area contributed by atoms with E-state index in [1.807, 2.05) is 6.92 Å². The number of nitrogens with one attached hydrogen (secondary N) is 1. The Morgan fingerprint density at radius 1 is 1.18 bits per heavy atom. The van der Waals surface area contributed by atoms with Crippen LogP contribution in [0.1, 0.15) is 58.3 Å². The maximum atomic E-state index is 12.4. The molecule has 2 amide bonds. The Morgan fingerprint density at radius 2 is 1.86 bits per heavy atom. The number of ketones is 1. The normalized spacial score (nSPS) is 21.4. The van der Waals surface area contributed by atoms with Gasteiger partial charge in [0.05, 0.1) is 19.3 Å². The van der Waals surface area contributed by atoms with Crippen molar-refractivity contribution in [3.05, 3.63) is 0 Å². The Bertz CT molecular complexity index is 361. The maximum Gasteiger partial charge on any atom is 0.318 e. The molecule has 1 heterocycles. The van der Waals surface area contributed by atoms with E-state index in [-0.39, 0.29) is 17.9 Å². The molecule has 0 radical (unpaired) electrons. The average Bonchev–Trinajstić information content (AvgIpc) is 2.56. The number of hydrogen-bond donors (Lipinski definition) is 1. The molecule has 0 unspecified atom stereocenters. The number of carbonyl (C=O) groups excluding carboxylic acids is 2. The third-order valence-electron chi connectivity index (χ3n) is 4.77. The molecule has 22 heavy (non-hydrogen) atoms. The minimum Gasteiger partial charge on any atom is -0.378 e. The highest BCUT2D eigenvalue weighted by Gasteiger charge is 2.27. The molecule has 5 nitrogen and oxygen atoms in total. The molecule has 1 atom stereocenters. The molecule has 0 aromatic rings. The fraction of sp³-hybridized carbons (Fsp3) is 0.882. The van der Waals surface area contributed by atoms with Crippen molar-refractivity contribution >= 4 is 11.8 Å². The Kier molecular flexibility index (Phi) is 7.16. The van der Waals surface area contributed by atoms with E-state index >= 15 is 0 Å². The van der Waals surface area contributed by atoms with Gasteiger partial charge in [0.1, 0.15) is 0 Å². The summed E-state index contributed by atoms with van der Waals surface area (Å²) in [4.78, 5) is 26.5. The summed E-state index contributed by atoms with van der Waals surface area (Å²) >= 11 is 0. The van der Waals surface area contributed by atoms with Crippen molar-refractivity contribution in [1.82, 2.24) is 10.2 Å². The summed E-state index contributed by atoms with van der Waals surface area (Å²) in [6.45, 7) is 4.42. The van der Waals surface area contributed by atoms with Crippen LogP contribution in [0.3, 0.4) is 0 Å². The van der Waals surface area contributed by atoms with Crippen molar-refractivity contribution in [2.45, 2.75) is 64.3 Å². The number of amides is 2. The molecule has 2 aliphatic rings. The number of hydrogen-bond acceptors (Lipinski definition) is 3. The van der Waals surface area contributed by atoms with Gasteiger partial charge in [0.2, 0.25) is 0 Å². The summed E-state index contributed by atoms with van der Waals surface area (Å²) in [5.74, 6) is 0.777. The lowest BCUT2D eigenvalue weighted by Gasteiger charge is -2.31. The molecule has 1 aliphatic heterocycles. The topological polar surface area (TPSA) is 58.6 Å². The average molecular weight is 310 g/mol. The fourth-order valence-electron chi connectivity index (χ4n) is 3.45. The van der Waals surface area contributed by atoms with E-state index < -0.39 is 0 Å². The second kappa shape index (κ2) is 9.13. The lowest BCUT2D eigenvalue weighted by atomic mass is 9.83. The van der Waals surface area contributed by atoms with Gasteiger partial charge < -0.3 is 15.0 Å². The van der Waals surface area contributed by atoms with E-state index in [4.69, 9.17) is 4.74 Å². The van der Waals surface area contributed by atoms with Crippen LogP contribution in [0, 0.1) is 5.92 Å². The zero-order valence-corrected chi connectivity index (χ0v) is 13.8.